The van der Waals surface area contributed by atoms with Crippen molar-refractivity contribution in [3.05, 3.63) is 0 Å². The zero-order valence-corrected chi connectivity index (χ0v) is 9.88. The van der Waals surface area contributed by atoms with Crippen LogP contribution in [-0.2, 0) is 14.3 Å². The van der Waals surface area contributed by atoms with Gasteiger partial charge in [-0.15, -0.1) is 0 Å². The van der Waals surface area contributed by atoms with Gasteiger partial charge in [0.2, 0.25) is 0 Å². The van der Waals surface area contributed by atoms with Crippen molar-refractivity contribution in [1.82, 2.24) is 0 Å². The highest BCUT2D eigenvalue weighted by Gasteiger charge is 2.30. The first-order chi connectivity index (χ1) is 8.54. The number of rotatable bonds is 11. The summed E-state index contributed by atoms with van der Waals surface area (Å²) in [6.45, 7) is 0.140. The zero-order chi connectivity index (χ0) is 14.0. The highest BCUT2D eigenvalue weighted by atomic mass is 16.5. The summed E-state index contributed by atoms with van der Waals surface area (Å²) < 4.78 is 9.80. The van der Waals surface area contributed by atoms with E-state index in [1.54, 1.807) is 0 Å². The second-order valence-electron chi connectivity index (χ2n) is 3.59. The summed E-state index contributed by atoms with van der Waals surface area (Å²) in [5.41, 5.74) is 0. The molecule has 0 unspecified atom stereocenters. The summed E-state index contributed by atoms with van der Waals surface area (Å²) in [5.74, 6) is 0. The molecule has 0 rings (SSSR count). The lowest BCUT2D eigenvalue weighted by molar-refractivity contribution is -0.139. The van der Waals surface area contributed by atoms with Crippen LogP contribution in [0, 0.1) is 0 Å². The first-order valence-electron chi connectivity index (χ1n) is 5.48. The minimum Gasteiger partial charge on any atom is -0.394 e. The van der Waals surface area contributed by atoms with Gasteiger partial charge in [-0.1, -0.05) is 0 Å². The molecule has 108 valence electrons. The lowest BCUT2D eigenvalue weighted by Gasteiger charge is -2.23. The Morgan fingerprint density at radius 1 is 0.944 bits per heavy atom. The Balaban J connectivity index is 3.73. The molecule has 0 radical (unpaired) electrons. The first-order valence-corrected chi connectivity index (χ1v) is 5.48. The minimum atomic E-state index is -1.77. The van der Waals surface area contributed by atoms with E-state index in [4.69, 9.17) is 19.7 Å². The number of ether oxygens (including phenoxy) is 2. The second kappa shape index (κ2) is 10.3. The first kappa shape index (κ1) is 17.4. The largest absolute Gasteiger partial charge is 0.394 e. The monoisotopic (exact) mass is 268 g/mol. The topological polar surface area (TPSA) is 137 Å². The molecule has 0 aliphatic rings. The zero-order valence-electron chi connectivity index (χ0n) is 9.88. The number of aldehydes is 1. The van der Waals surface area contributed by atoms with Gasteiger partial charge in [0, 0.05) is 0 Å². The van der Waals surface area contributed by atoms with E-state index in [1.165, 1.54) is 0 Å². The Morgan fingerprint density at radius 3 is 2.11 bits per heavy atom. The molecule has 0 heterocycles. The van der Waals surface area contributed by atoms with Gasteiger partial charge in [-0.25, -0.2) is 0 Å². The van der Waals surface area contributed by atoms with Crippen molar-refractivity contribution in [2.75, 3.05) is 33.0 Å². The molecular formula is C10H20O8. The molecule has 8 heteroatoms. The van der Waals surface area contributed by atoms with Crippen LogP contribution in [-0.4, -0.2) is 89.3 Å². The Kier molecular flexibility index (Phi) is 9.98. The standard InChI is InChI=1S/C10H20O8/c11-1-2-17-3-4-18-6-8(14)10(16)9(15)7(13)5-12/h5,7-11,13-16H,1-4,6H2/t7-,8+,9+,10+/m0/s1. The SMILES string of the molecule is O=C[C@H](O)[C@@H](O)[C@H](O)[C@H](O)COCCOCCO. The highest BCUT2D eigenvalue weighted by Crippen LogP contribution is 2.04. The van der Waals surface area contributed by atoms with E-state index in [0.717, 1.165) is 0 Å². The second-order valence-corrected chi connectivity index (χ2v) is 3.59. The fourth-order valence-electron chi connectivity index (χ4n) is 1.10. The number of aliphatic hydroxyl groups excluding tert-OH is 5. The Bertz CT molecular complexity index is 212. The number of hydrogen-bond donors (Lipinski definition) is 5. The maximum atomic E-state index is 10.2. The van der Waals surface area contributed by atoms with Gasteiger partial charge in [-0.05, 0) is 0 Å². The normalized spacial score (nSPS) is 18.1. The third kappa shape index (κ3) is 6.97. The van der Waals surface area contributed by atoms with Crippen LogP contribution in [0.15, 0.2) is 0 Å². The summed E-state index contributed by atoms with van der Waals surface area (Å²) in [6, 6.07) is 0. The molecule has 0 fully saturated rings. The molecule has 0 aliphatic carbocycles. The van der Waals surface area contributed by atoms with Gasteiger partial charge in [0.25, 0.3) is 0 Å². The van der Waals surface area contributed by atoms with Crippen molar-refractivity contribution in [3.63, 3.8) is 0 Å². The fourth-order valence-corrected chi connectivity index (χ4v) is 1.10. The molecule has 0 aliphatic heterocycles. The van der Waals surface area contributed by atoms with Crippen LogP contribution in [0.25, 0.3) is 0 Å². The van der Waals surface area contributed by atoms with E-state index < -0.39 is 24.4 Å². The molecular weight excluding hydrogens is 248 g/mol. The van der Waals surface area contributed by atoms with Gasteiger partial charge in [0.05, 0.1) is 33.0 Å². The summed E-state index contributed by atoms with van der Waals surface area (Å²) in [7, 11) is 0. The van der Waals surface area contributed by atoms with E-state index in [1.807, 2.05) is 0 Å². The van der Waals surface area contributed by atoms with Crippen LogP contribution in [0.2, 0.25) is 0 Å². The highest BCUT2D eigenvalue weighted by molar-refractivity contribution is 5.56. The number of carbonyl (C=O) groups excluding carboxylic acids is 1. The van der Waals surface area contributed by atoms with Crippen molar-refractivity contribution in [3.8, 4) is 0 Å². The Labute approximate surface area is 104 Å². The summed E-state index contributed by atoms with van der Waals surface area (Å²) in [5, 5.41) is 45.3. The van der Waals surface area contributed by atoms with E-state index in [9.17, 15) is 20.1 Å². The van der Waals surface area contributed by atoms with Gasteiger partial charge < -0.3 is 39.8 Å². The summed E-state index contributed by atoms with van der Waals surface area (Å²) >= 11 is 0. The van der Waals surface area contributed by atoms with E-state index in [-0.39, 0.29) is 39.3 Å². The Hall–Kier alpha value is -0.610. The van der Waals surface area contributed by atoms with Crippen LogP contribution in [0.5, 0.6) is 0 Å². The fraction of sp³-hybridized carbons (Fsp3) is 0.900. The number of hydrogen-bond acceptors (Lipinski definition) is 8. The lowest BCUT2D eigenvalue weighted by atomic mass is 10.0. The van der Waals surface area contributed by atoms with Gasteiger partial charge in [-0.2, -0.15) is 0 Å². The predicted octanol–water partition coefficient (Wildman–Crippen LogP) is -3.35. The third-order valence-electron chi connectivity index (χ3n) is 2.13. The maximum Gasteiger partial charge on any atom is 0.151 e. The molecule has 0 saturated heterocycles. The molecule has 0 aromatic heterocycles. The van der Waals surface area contributed by atoms with Crippen molar-refractivity contribution in [2.24, 2.45) is 0 Å². The predicted molar refractivity (Wildman–Crippen MR) is 58.8 cm³/mol. The molecule has 0 spiro atoms. The molecule has 8 nitrogen and oxygen atoms in total. The van der Waals surface area contributed by atoms with Gasteiger partial charge >= 0.3 is 0 Å². The smallest absolute Gasteiger partial charge is 0.151 e. The van der Waals surface area contributed by atoms with Crippen LogP contribution in [0.4, 0.5) is 0 Å². The quantitative estimate of drug-likeness (QED) is 0.194. The molecule has 0 aromatic carbocycles. The van der Waals surface area contributed by atoms with Crippen LogP contribution in [0.1, 0.15) is 0 Å². The number of aliphatic hydroxyl groups is 5. The van der Waals surface area contributed by atoms with Crippen LogP contribution >= 0.6 is 0 Å². The van der Waals surface area contributed by atoms with E-state index in [0.29, 0.717) is 0 Å². The van der Waals surface area contributed by atoms with Crippen molar-refractivity contribution in [2.45, 2.75) is 24.4 Å². The van der Waals surface area contributed by atoms with Crippen molar-refractivity contribution >= 4 is 6.29 Å². The summed E-state index contributed by atoms with van der Waals surface area (Å²) in [4.78, 5) is 10.2. The third-order valence-corrected chi connectivity index (χ3v) is 2.13. The Morgan fingerprint density at radius 2 is 1.56 bits per heavy atom. The molecule has 0 bridgehead atoms. The van der Waals surface area contributed by atoms with Crippen molar-refractivity contribution in [1.29, 1.82) is 0 Å². The van der Waals surface area contributed by atoms with Crippen LogP contribution in [0.3, 0.4) is 0 Å². The van der Waals surface area contributed by atoms with Crippen LogP contribution < -0.4 is 0 Å². The average molecular weight is 268 g/mol. The molecule has 5 N–H and O–H groups in total. The maximum absolute atomic E-state index is 10.2. The van der Waals surface area contributed by atoms with Gasteiger partial charge in [0.1, 0.15) is 24.4 Å². The summed E-state index contributed by atoms with van der Waals surface area (Å²) in [6.07, 6.45) is -6.60. The lowest BCUT2D eigenvalue weighted by Crippen LogP contribution is -2.46. The molecule has 18 heavy (non-hydrogen) atoms. The molecule has 0 amide bonds. The number of carbonyl (C=O) groups is 1. The molecule has 0 saturated carbocycles. The molecule has 4 atom stereocenters. The van der Waals surface area contributed by atoms with E-state index in [2.05, 4.69) is 0 Å². The average Bonchev–Trinajstić information content (AvgIpc) is 2.39. The van der Waals surface area contributed by atoms with E-state index >= 15 is 0 Å². The molecule has 0 aromatic rings. The van der Waals surface area contributed by atoms with Crippen molar-refractivity contribution < 1.29 is 39.8 Å². The minimum absolute atomic E-state index is 0.0597. The van der Waals surface area contributed by atoms with Gasteiger partial charge in [-0.3, -0.25) is 0 Å². The van der Waals surface area contributed by atoms with Gasteiger partial charge in [0.15, 0.2) is 6.29 Å².